The largest absolute Gasteiger partial charge is 0.434 e. The Morgan fingerprint density at radius 1 is 1.22 bits per heavy atom. The summed E-state index contributed by atoms with van der Waals surface area (Å²) in [4.78, 5) is 16.6. The third-order valence-corrected chi connectivity index (χ3v) is 5.80. The van der Waals surface area contributed by atoms with Crippen molar-refractivity contribution in [3.8, 4) is 0 Å². The number of rotatable bonds is 15. The average Bonchev–Trinajstić information content (AvgIpc) is 3.55. The molecule has 3 unspecified atom stereocenters. The van der Waals surface area contributed by atoms with Crippen molar-refractivity contribution in [2.45, 2.75) is 75.4 Å². The van der Waals surface area contributed by atoms with Crippen LogP contribution in [0.25, 0.3) is 0 Å². The Bertz CT molecular complexity index is 573. The summed E-state index contributed by atoms with van der Waals surface area (Å²) in [5.41, 5.74) is 0. The van der Waals surface area contributed by atoms with Crippen molar-refractivity contribution in [3.05, 3.63) is 22.5 Å². The smallest absolute Gasteiger partial charge is 0.390 e. The molecule has 148 valence electrons. The van der Waals surface area contributed by atoms with Crippen molar-refractivity contribution in [2.75, 3.05) is 19.6 Å². The van der Waals surface area contributed by atoms with Crippen LogP contribution in [0.5, 0.6) is 0 Å². The third-order valence-electron chi connectivity index (χ3n) is 5.80. The van der Waals surface area contributed by atoms with Crippen LogP contribution >= 0.6 is 0 Å². The molecule has 0 spiro atoms. The standard InChI is InChI=1S/C18H32B2N4O3/c25-17(14-23-10-7-21-18(23)24(26)27)13-22(8-3-1-5-15-11-19-15)9-4-2-6-16-12-20-16/h7,10,15-17,19-20,25H,1-6,8-9,11-14H2. The molecule has 0 saturated carbocycles. The van der Waals surface area contributed by atoms with E-state index in [0.29, 0.717) is 6.54 Å². The molecular weight excluding hydrogens is 342 g/mol. The number of hydrogen-bond donors (Lipinski definition) is 1. The van der Waals surface area contributed by atoms with Gasteiger partial charge >= 0.3 is 5.95 Å². The molecule has 2 saturated heterocycles. The highest BCUT2D eigenvalue weighted by Gasteiger charge is 2.24. The van der Waals surface area contributed by atoms with E-state index in [1.54, 1.807) is 6.20 Å². The third kappa shape index (κ3) is 7.66. The Morgan fingerprint density at radius 2 is 1.81 bits per heavy atom. The number of imidazole rings is 1. The van der Waals surface area contributed by atoms with Crippen molar-refractivity contribution in [1.82, 2.24) is 14.5 Å². The van der Waals surface area contributed by atoms with Gasteiger partial charge in [-0.05, 0) is 30.9 Å². The van der Waals surface area contributed by atoms with Crippen molar-refractivity contribution in [3.63, 3.8) is 0 Å². The van der Waals surface area contributed by atoms with Crippen molar-refractivity contribution in [1.29, 1.82) is 0 Å². The molecule has 7 nitrogen and oxygen atoms in total. The van der Waals surface area contributed by atoms with Crippen LogP contribution in [0.1, 0.15) is 38.5 Å². The highest BCUT2D eigenvalue weighted by atomic mass is 16.6. The molecule has 1 aromatic rings. The molecule has 2 fully saturated rings. The summed E-state index contributed by atoms with van der Waals surface area (Å²) >= 11 is 0. The van der Waals surface area contributed by atoms with Gasteiger partial charge in [0, 0.05) is 6.54 Å². The fourth-order valence-corrected chi connectivity index (χ4v) is 3.84. The van der Waals surface area contributed by atoms with Gasteiger partial charge in [0.2, 0.25) is 0 Å². The van der Waals surface area contributed by atoms with E-state index in [1.165, 1.54) is 76.5 Å². The maximum absolute atomic E-state index is 11.0. The van der Waals surface area contributed by atoms with Crippen molar-refractivity contribution in [2.24, 2.45) is 0 Å². The lowest BCUT2D eigenvalue weighted by Gasteiger charge is -2.25. The molecule has 3 atom stereocenters. The number of hydrogen-bond acceptors (Lipinski definition) is 5. The van der Waals surface area contributed by atoms with Gasteiger partial charge in [0.25, 0.3) is 0 Å². The first-order valence-electron chi connectivity index (χ1n) is 10.7. The minimum absolute atomic E-state index is 0.200. The van der Waals surface area contributed by atoms with Gasteiger partial charge in [-0.2, -0.15) is 0 Å². The van der Waals surface area contributed by atoms with Crippen LogP contribution in [0.2, 0.25) is 24.3 Å². The number of unbranched alkanes of at least 4 members (excludes halogenated alkanes) is 2. The Kier molecular flexibility index (Phi) is 7.76. The lowest BCUT2D eigenvalue weighted by molar-refractivity contribution is -0.397. The molecule has 1 N–H and O–H groups in total. The highest BCUT2D eigenvalue weighted by Crippen LogP contribution is 2.33. The van der Waals surface area contributed by atoms with E-state index in [-0.39, 0.29) is 12.5 Å². The molecule has 9 heteroatoms. The summed E-state index contributed by atoms with van der Waals surface area (Å²) in [6.07, 6.45) is 12.8. The predicted octanol–water partition coefficient (Wildman–Crippen LogP) is 2.11. The summed E-state index contributed by atoms with van der Waals surface area (Å²) in [6.45, 7) is 2.82. The van der Waals surface area contributed by atoms with Gasteiger partial charge < -0.3 is 20.1 Å². The topological polar surface area (TPSA) is 84.4 Å². The Morgan fingerprint density at radius 3 is 2.33 bits per heavy atom. The first-order valence-corrected chi connectivity index (χ1v) is 10.7. The van der Waals surface area contributed by atoms with Gasteiger partial charge in [-0.25, -0.2) is 4.57 Å². The first kappa shape index (κ1) is 20.4. The number of aromatic nitrogens is 2. The van der Waals surface area contributed by atoms with Gasteiger partial charge in [-0.3, -0.25) is 0 Å². The SMILES string of the molecule is O=[N+]([O-])c1nccn1CC(O)CN(CCCCC1BC1)CCCCC1BC1. The minimum atomic E-state index is -0.621. The van der Waals surface area contributed by atoms with E-state index in [2.05, 4.69) is 9.88 Å². The van der Waals surface area contributed by atoms with E-state index in [1.807, 2.05) is 0 Å². The molecule has 0 aromatic carbocycles. The molecule has 2 aliphatic heterocycles. The van der Waals surface area contributed by atoms with Crippen molar-refractivity contribution < 1.29 is 10.0 Å². The predicted molar refractivity (Wildman–Crippen MR) is 110 cm³/mol. The fourth-order valence-electron chi connectivity index (χ4n) is 3.84. The molecular formula is C18H32B2N4O3. The summed E-state index contributed by atoms with van der Waals surface area (Å²) in [5, 5.41) is 21.5. The van der Waals surface area contributed by atoms with Crippen LogP contribution in [0, 0.1) is 10.1 Å². The second-order valence-electron chi connectivity index (χ2n) is 8.47. The van der Waals surface area contributed by atoms with Gasteiger partial charge in [0.05, 0.1) is 12.6 Å². The summed E-state index contributed by atoms with van der Waals surface area (Å²) < 4.78 is 1.43. The molecule has 0 aliphatic carbocycles. The quantitative estimate of drug-likeness (QED) is 0.220. The second kappa shape index (κ2) is 10.3. The molecule has 1 aromatic heterocycles. The molecule has 3 rings (SSSR count). The van der Waals surface area contributed by atoms with E-state index in [4.69, 9.17) is 0 Å². The van der Waals surface area contributed by atoms with E-state index >= 15 is 0 Å². The molecule has 0 amide bonds. The Hall–Kier alpha value is -1.34. The number of aliphatic hydroxyl groups is 1. The van der Waals surface area contributed by atoms with E-state index in [9.17, 15) is 15.2 Å². The maximum Gasteiger partial charge on any atom is 0.434 e. The van der Waals surface area contributed by atoms with Crippen molar-refractivity contribution >= 4 is 20.5 Å². The first-order chi connectivity index (χ1) is 13.1. The number of nitro groups is 1. The van der Waals surface area contributed by atoms with E-state index in [0.717, 1.165) is 24.7 Å². The van der Waals surface area contributed by atoms with Crippen LogP contribution in [0.3, 0.4) is 0 Å². The molecule has 3 heterocycles. The van der Waals surface area contributed by atoms with Crippen LogP contribution in [-0.2, 0) is 6.54 Å². The summed E-state index contributed by atoms with van der Waals surface area (Å²) in [7, 11) is 2.82. The average molecular weight is 374 g/mol. The zero-order valence-electron chi connectivity index (χ0n) is 16.3. The van der Waals surface area contributed by atoms with Gasteiger partial charge in [0.1, 0.15) is 27.0 Å². The van der Waals surface area contributed by atoms with E-state index < -0.39 is 11.0 Å². The normalized spacial score (nSPS) is 21.6. The van der Waals surface area contributed by atoms with Crippen LogP contribution in [0.15, 0.2) is 12.4 Å². The van der Waals surface area contributed by atoms with Gasteiger partial charge in [0.15, 0.2) is 0 Å². The van der Waals surface area contributed by atoms with Gasteiger partial charge in [-0.1, -0.05) is 54.9 Å². The minimum Gasteiger partial charge on any atom is -0.390 e. The number of nitrogens with zero attached hydrogens (tertiary/aromatic N) is 4. The number of aliphatic hydroxyl groups excluding tert-OH is 1. The highest BCUT2D eigenvalue weighted by molar-refractivity contribution is 6.51. The monoisotopic (exact) mass is 374 g/mol. The molecule has 27 heavy (non-hydrogen) atoms. The zero-order valence-corrected chi connectivity index (χ0v) is 16.3. The van der Waals surface area contributed by atoms with Gasteiger partial charge in [-0.15, -0.1) is 0 Å². The van der Waals surface area contributed by atoms with Crippen LogP contribution in [0.4, 0.5) is 5.95 Å². The lowest BCUT2D eigenvalue weighted by Crippen LogP contribution is -2.36. The Balaban J connectivity index is 1.41. The molecule has 0 radical (unpaired) electrons. The zero-order chi connectivity index (χ0) is 19.1. The van der Waals surface area contributed by atoms with Crippen LogP contribution in [-0.4, -0.2) is 64.8 Å². The lowest BCUT2D eigenvalue weighted by atomic mass is 9.98. The second-order valence-corrected chi connectivity index (χ2v) is 8.47. The summed E-state index contributed by atoms with van der Waals surface area (Å²) in [5.74, 6) is 1.75. The maximum atomic E-state index is 11.0. The Labute approximate surface area is 163 Å². The fraction of sp³-hybridized carbons (Fsp3) is 0.833. The van der Waals surface area contributed by atoms with Crippen LogP contribution < -0.4 is 0 Å². The molecule has 2 aliphatic rings. The summed E-state index contributed by atoms with van der Waals surface area (Å²) in [6, 6.07) is 0. The molecule has 0 bridgehead atoms.